The van der Waals surface area contributed by atoms with Gasteiger partial charge in [0.25, 0.3) is 0 Å². The molecule has 0 aromatic heterocycles. The van der Waals surface area contributed by atoms with Crippen molar-refractivity contribution in [3.05, 3.63) is 96.6 Å². The Morgan fingerprint density at radius 2 is 1.61 bits per heavy atom. The van der Waals surface area contributed by atoms with Crippen molar-refractivity contribution in [3.63, 3.8) is 0 Å². The minimum absolute atomic E-state index is 0.324. The molecule has 6 nitrogen and oxygen atoms in total. The fraction of sp³-hybridized carbons (Fsp3) is 0.300. The van der Waals surface area contributed by atoms with Crippen molar-refractivity contribution in [2.45, 2.75) is 32.3 Å². The Morgan fingerprint density at radius 1 is 0.917 bits per heavy atom. The molecule has 0 saturated heterocycles. The van der Waals surface area contributed by atoms with Crippen LogP contribution in [0.2, 0.25) is 0 Å². The lowest BCUT2D eigenvalue weighted by Crippen LogP contribution is -2.27. The highest BCUT2D eigenvalue weighted by Crippen LogP contribution is 2.25. The number of hydrogen-bond acceptors (Lipinski definition) is 6. The van der Waals surface area contributed by atoms with Gasteiger partial charge in [-0.25, -0.2) is 4.79 Å². The van der Waals surface area contributed by atoms with Crippen LogP contribution in [0.4, 0.5) is 0 Å². The molecule has 3 aromatic rings. The van der Waals surface area contributed by atoms with Crippen molar-refractivity contribution in [3.8, 4) is 23.0 Å². The highest BCUT2D eigenvalue weighted by Gasteiger charge is 2.20. The molecule has 36 heavy (non-hydrogen) atoms. The zero-order valence-electron chi connectivity index (χ0n) is 21.0. The quantitative estimate of drug-likeness (QED) is 0.144. The Kier molecular flexibility index (Phi) is 10.9. The lowest BCUT2D eigenvalue weighted by molar-refractivity contribution is -0.154. The summed E-state index contributed by atoms with van der Waals surface area (Å²) in [5, 5.41) is 0. The summed E-state index contributed by atoms with van der Waals surface area (Å²) in [5.41, 5.74) is 1.98. The first kappa shape index (κ1) is 26.8. The van der Waals surface area contributed by atoms with E-state index < -0.39 is 6.10 Å². The van der Waals surface area contributed by atoms with Crippen molar-refractivity contribution in [2.75, 3.05) is 26.9 Å². The van der Waals surface area contributed by atoms with Crippen LogP contribution < -0.4 is 14.2 Å². The van der Waals surface area contributed by atoms with E-state index in [1.807, 2.05) is 78.9 Å². The average Bonchev–Trinajstić information content (AvgIpc) is 2.90. The Bertz CT molecular complexity index is 1080. The molecular formula is C30H34O6. The average molecular weight is 491 g/mol. The van der Waals surface area contributed by atoms with E-state index in [1.165, 1.54) is 7.11 Å². The van der Waals surface area contributed by atoms with Gasteiger partial charge in [0.2, 0.25) is 0 Å². The zero-order chi connectivity index (χ0) is 25.6. The second kappa shape index (κ2) is 14.6. The molecule has 0 saturated carbocycles. The van der Waals surface area contributed by atoms with Crippen LogP contribution in [0.25, 0.3) is 0 Å². The summed E-state index contributed by atoms with van der Waals surface area (Å²) < 4.78 is 28.0. The van der Waals surface area contributed by atoms with Gasteiger partial charge < -0.3 is 23.7 Å². The third-order valence-corrected chi connectivity index (χ3v) is 5.36. The molecule has 0 heterocycles. The number of benzene rings is 3. The van der Waals surface area contributed by atoms with Gasteiger partial charge in [-0.2, -0.15) is 0 Å². The molecule has 0 aliphatic carbocycles. The Hall–Kier alpha value is -3.77. The number of rotatable bonds is 15. The topological polar surface area (TPSA) is 63.2 Å². The monoisotopic (exact) mass is 490 g/mol. The van der Waals surface area contributed by atoms with Gasteiger partial charge in [0.1, 0.15) is 23.0 Å². The molecule has 0 N–H and O–H groups in total. The lowest BCUT2D eigenvalue weighted by Gasteiger charge is -2.16. The summed E-state index contributed by atoms with van der Waals surface area (Å²) in [5.74, 6) is 2.77. The predicted octanol–water partition coefficient (Wildman–Crippen LogP) is 6.18. The normalized spacial score (nSPS) is 11.4. The standard InChI is InChI=1S/C30H34O6/c1-4-10-24-21-23(22-29(32-3)30(31)33-5-2)13-18-28(24)35-20-9-19-34-25-14-16-27(17-15-25)36-26-11-7-6-8-12-26/h4,6-8,11-18,21,29H,1,5,9-10,19-20,22H2,2-3H3/t29-/m0/s1. The minimum Gasteiger partial charge on any atom is -0.493 e. The van der Waals surface area contributed by atoms with Gasteiger partial charge in [0.15, 0.2) is 6.10 Å². The van der Waals surface area contributed by atoms with E-state index in [0.717, 1.165) is 40.5 Å². The predicted molar refractivity (Wildman–Crippen MR) is 140 cm³/mol. The molecule has 0 aliphatic heterocycles. The van der Waals surface area contributed by atoms with Crippen LogP contribution in [-0.4, -0.2) is 39.0 Å². The van der Waals surface area contributed by atoms with Crippen LogP contribution in [0.1, 0.15) is 24.5 Å². The number of ether oxygens (including phenoxy) is 5. The molecule has 0 amide bonds. The molecule has 3 aromatic carbocycles. The molecule has 0 aliphatic rings. The number of methoxy groups -OCH3 is 1. The van der Waals surface area contributed by atoms with E-state index in [0.29, 0.717) is 32.7 Å². The molecule has 190 valence electrons. The van der Waals surface area contributed by atoms with Crippen LogP contribution in [0, 0.1) is 0 Å². The highest BCUT2D eigenvalue weighted by molar-refractivity contribution is 5.75. The first-order valence-corrected chi connectivity index (χ1v) is 12.1. The van der Waals surface area contributed by atoms with Gasteiger partial charge in [-0.1, -0.05) is 36.4 Å². The van der Waals surface area contributed by atoms with E-state index in [2.05, 4.69) is 6.58 Å². The van der Waals surface area contributed by atoms with Gasteiger partial charge >= 0.3 is 5.97 Å². The first-order chi connectivity index (χ1) is 17.6. The van der Waals surface area contributed by atoms with Crippen molar-refractivity contribution in [1.29, 1.82) is 0 Å². The molecular weight excluding hydrogens is 456 g/mol. The van der Waals surface area contributed by atoms with Gasteiger partial charge in [0, 0.05) is 20.0 Å². The Balaban J connectivity index is 1.46. The summed E-state index contributed by atoms with van der Waals surface area (Å²) >= 11 is 0. The summed E-state index contributed by atoms with van der Waals surface area (Å²) in [6.45, 7) is 7.00. The number of allylic oxidation sites excluding steroid dienone is 1. The first-order valence-electron chi connectivity index (χ1n) is 12.1. The van der Waals surface area contributed by atoms with Gasteiger partial charge in [-0.3, -0.25) is 0 Å². The van der Waals surface area contributed by atoms with Crippen molar-refractivity contribution >= 4 is 5.97 Å². The van der Waals surface area contributed by atoms with E-state index in [-0.39, 0.29) is 5.97 Å². The van der Waals surface area contributed by atoms with E-state index >= 15 is 0 Å². The number of para-hydroxylation sites is 1. The summed E-state index contributed by atoms with van der Waals surface area (Å²) in [7, 11) is 1.51. The highest BCUT2D eigenvalue weighted by atomic mass is 16.6. The lowest BCUT2D eigenvalue weighted by atomic mass is 10.0. The molecule has 0 radical (unpaired) electrons. The van der Waals surface area contributed by atoms with Crippen molar-refractivity contribution in [1.82, 2.24) is 0 Å². The van der Waals surface area contributed by atoms with Crippen LogP contribution >= 0.6 is 0 Å². The van der Waals surface area contributed by atoms with Crippen molar-refractivity contribution < 1.29 is 28.5 Å². The molecule has 0 fully saturated rings. The third-order valence-electron chi connectivity index (χ3n) is 5.36. The van der Waals surface area contributed by atoms with E-state index in [4.69, 9.17) is 23.7 Å². The Labute approximate surface area is 213 Å². The second-order valence-corrected chi connectivity index (χ2v) is 8.05. The molecule has 1 atom stereocenters. The van der Waals surface area contributed by atoms with Crippen LogP contribution in [0.3, 0.4) is 0 Å². The maximum atomic E-state index is 12.0. The zero-order valence-corrected chi connectivity index (χ0v) is 21.0. The molecule has 0 bridgehead atoms. The maximum absolute atomic E-state index is 12.0. The minimum atomic E-state index is -0.635. The molecule has 0 spiro atoms. The molecule has 6 heteroatoms. The largest absolute Gasteiger partial charge is 0.493 e. The van der Waals surface area contributed by atoms with Gasteiger partial charge in [-0.15, -0.1) is 6.58 Å². The number of carbonyl (C=O) groups is 1. The Morgan fingerprint density at radius 3 is 2.31 bits per heavy atom. The number of esters is 1. The number of carbonyl (C=O) groups excluding carboxylic acids is 1. The van der Waals surface area contributed by atoms with Gasteiger partial charge in [-0.05, 0) is 66.9 Å². The molecule has 0 unspecified atom stereocenters. The maximum Gasteiger partial charge on any atom is 0.335 e. The van der Waals surface area contributed by atoms with E-state index in [9.17, 15) is 4.79 Å². The SMILES string of the molecule is C=CCc1cc(C[C@H](OC)C(=O)OCC)ccc1OCCCOc1ccc(Oc2ccccc2)cc1. The fourth-order valence-corrected chi connectivity index (χ4v) is 3.59. The fourth-order valence-electron chi connectivity index (χ4n) is 3.59. The van der Waals surface area contributed by atoms with Gasteiger partial charge in [0.05, 0.1) is 19.8 Å². The number of hydrogen-bond donors (Lipinski definition) is 0. The van der Waals surface area contributed by atoms with Crippen molar-refractivity contribution in [2.24, 2.45) is 0 Å². The summed E-state index contributed by atoms with van der Waals surface area (Å²) in [6, 6.07) is 23.1. The third kappa shape index (κ3) is 8.47. The van der Waals surface area contributed by atoms with Crippen LogP contribution in [0.15, 0.2) is 85.5 Å². The second-order valence-electron chi connectivity index (χ2n) is 8.05. The van der Waals surface area contributed by atoms with E-state index in [1.54, 1.807) is 6.92 Å². The summed E-state index contributed by atoms with van der Waals surface area (Å²) in [4.78, 5) is 12.0. The smallest absolute Gasteiger partial charge is 0.335 e. The van der Waals surface area contributed by atoms with Crippen LogP contribution in [-0.2, 0) is 27.1 Å². The molecule has 3 rings (SSSR count). The summed E-state index contributed by atoms with van der Waals surface area (Å²) in [6.07, 6.45) is 3.02. The van der Waals surface area contributed by atoms with Crippen LogP contribution in [0.5, 0.6) is 23.0 Å².